The van der Waals surface area contributed by atoms with E-state index in [1.807, 2.05) is 35.0 Å². The second-order valence-corrected chi connectivity index (χ2v) is 4.86. The topological polar surface area (TPSA) is 56.1 Å². The number of hydrogen-bond acceptors (Lipinski definition) is 3. The molecule has 1 heterocycles. The summed E-state index contributed by atoms with van der Waals surface area (Å²) in [7, 11) is 1.64. The number of aromatic nitrogens is 2. The molecule has 0 aliphatic rings. The van der Waals surface area contributed by atoms with Crippen molar-refractivity contribution in [1.82, 2.24) is 14.9 Å². The average molecular weight is 287 g/mol. The molecule has 0 saturated carbocycles. The van der Waals surface area contributed by atoms with Crippen LogP contribution in [0.15, 0.2) is 43.0 Å². The number of nitrogens with zero attached hydrogens (tertiary/aromatic N) is 2. The fourth-order valence-corrected chi connectivity index (χ4v) is 2.08. The highest BCUT2D eigenvalue weighted by atomic mass is 16.5. The lowest BCUT2D eigenvalue weighted by atomic mass is 10.1. The number of benzene rings is 1. The van der Waals surface area contributed by atoms with Gasteiger partial charge in [-0.1, -0.05) is 12.1 Å². The molecular weight excluding hydrogens is 266 g/mol. The molecule has 5 heteroatoms. The molecule has 0 unspecified atom stereocenters. The van der Waals surface area contributed by atoms with Crippen LogP contribution in [0.5, 0.6) is 5.75 Å². The minimum atomic E-state index is 0.0865. The van der Waals surface area contributed by atoms with E-state index >= 15 is 0 Å². The quantitative estimate of drug-likeness (QED) is 0.756. The average Bonchev–Trinajstić information content (AvgIpc) is 3.03. The van der Waals surface area contributed by atoms with Crippen molar-refractivity contribution in [2.24, 2.45) is 0 Å². The lowest BCUT2D eigenvalue weighted by Gasteiger charge is -2.07. The normalized spacial score (nSPS) is 10.3. The van der Waals surface area contributed by atoms with Gasteiger partial charge in [0.15, 0.2) is 0 Å². The predicted octanol–water partition coefficient (Wildman–Crippen LogP) is 2.03. The van der Waals surface area contributed by atoms with E-state index in [1.54, 1.807) is 19.6 Å². The van der Waals surface area contributed by atoms with Gasteiger partial charge in [0.25, 0.3) is 0 Å². The van der Waals surface area contributed by atoms with Crippen LogP contribution in [0.3, 0.4) is 0 Å². The number of imidazole rings is 1. The predicted molar refractivity (Wildman–Crippen MR) is 81.2 cm³/mol. The van der Waals surface area contributed by atoms with Crippen molar-refractivity contribution in [2.75, 3.05) is 13.7 Å². The summed E-state index contributed by atoms with van der Waals surface area (Å²) in [5.74, 6) is 0.914. The van der Waals surface area contributed by atoms with Gasteiger partial charge in [-0.05, 0) is 30.5 Å². The number of rotatable bonds is 8. The van der Waals surface area contributed by atoms with Gasteiger partial charge in [-0.3, -0.25) is 4.79 Å². The number of amides is 1. The molecule has 0 aliphatic heterocycles. The van der Waals surface area contributed by atoms with E-state index in [0.29, 0.717) is 13.0 Å². The summed E-state index contributed by atoms with van der Waals surface area (Å²) in [6.07, 6.45) is 7.59. The molecule has 1 amide bonds. The van der Waals surface area contributed by atoms with Crippen molar-refractivity contribution in [2.45, 2.75) is 25.8 Å². The van der Waals surface area contributed by atoms with E-state index in [4.69, 9.17) is 4.74 Å². The van der Waals surface area contributed by atoms with Crippen molar-refractivity contribution < 1.29 is 9.53 Å². The second-order valence-electron chi connectivity index (χ2n) is 4.86. The van der Waals surface area contributed by atoms with Crippen molar-refractivity contribution in [1.29, 1.82) is 0 Å². The first-order chi connectivity index (χ1) is 10.3. The second kappa shape index (κ2) is 8.09. The lowest BCUT2D eigenvalue weighted by Crippen LogP contribution is -2.25. The molecule has 5 nitrogen and oxygen atoms in total. The molecule has 1 aromatic carbocycles. The van der Waals surface area contributed by atoms with Gasteiger partial charge in [-0.15, -0.1) is 0 Å². The summed E-state index contributed by atoms with van der Waals surface area (Å²) in [4.78, 5) is 15.7. The van der Waals surface area contributed by atoms with Gasteiger partial charge in [-0.25, -0.2) is 4.98 Å². The van der Waals surface area contributed by atoms with Crippen LogP contribution in [-0.4, -0.2) is 29.1 Å². The Kier molecular flexibility index (Phi) is 5.82. The van der Waals surface area contributed by atoms with Gasteiger partial charge in [0.2, 0.25) is 5.91 Å². The summed E-state index contributed by atoms with van der Waals surface area (Å²) >= 11 is 0. The van der Waals surface area contributed by atoms with Crippen LogP contribution in [-0.2, 0) is 17.8 Å². The molecule has 1 aromatic heterocycles. The number of ether oxygens (including phenoxy) is 1. The summed E-state index contributed by atoms with van der Waals surface area (Å²) in [6, 6.07) is 7.82. The van der Waals surface area contributed by atoms with Crippen LogP contribution in [0.1, 0.15) is 18.4 Å². The standard InChI is InChI=1S/C16H21N3O2/c1-21-15-5-2-4-14(12-15)6-7-16(20)18-8-3-10-19-11-9-17-13-19/h2,4-5,9,11-13H,3,6-8,10H2,1H3,(H,18,20). The van der Waals surface area contributed by atoms with Gasteiger partial charge in [0.1, 0.15) is 5.75 Å². The Bertz CT molecular complexity index is 552. The Morgan fingerprint density at radius 3 is 3.10 bits per heavy atom. The van der Waals surface area contributed by atoms with E-state index in [2.05, 4.69) is 10.3 Å². The van der Waals surface area contributed by atoms with E-state index in [-0.39, 0.29) is 5.91 Å². The minimum absolute atomic E-state index is 0.0865. The summed E-state index contributed by atoms with van der Waals surface area (Å²) in [6.45, 7) is 1.56. The number of aryl methyl sites for hydroxylation is 2. The maximum absolute atomic E-state index is 11.8. The molecule has 0 fully saturated rings. The maximum Gasteiger partial charge on any atom is 0.220 e. The zero-order valence-corrected chi connectivity index (χ0v) is 12.3. The van der Waals surface area contributed by atoms with Gasteiger partial charge >= 0.3 is 0 Å². The molecule has 2 aromatic rings. The van der Waals surface area contributed by atoms with Crippen LogP contribution in [0, 0.1) is 0 Å². The highest BCUT2D eigenvalue weighted by Gasteiger charge is 2.02. The van der Waals surface area contributed by atoms with Crippen LogP contribution in [0.2, 0.25) is 0 Å². The molecule has 0 aliphatic carbocycles. The number of methoxy groups -OCH3 is 1. The van der Waals surface area contributed by atoms with Crippen molar-refractivity contribution in [3.8, 4) is 5.75 Å². The monoisotopic (exact) mass is 287 g/mol. The Labute approximate surface area is 125 Å². The molecule has 2 rings (SSSR count). The first-order valence-electron chi connectivity index (χ1n) is 7.13. The number of carbonyl (C=O) groups excluding carboxylic acids is 1. The largest absolute Gasteiger partial charge is 0.497 e. The smallest absolute Gasteiger partial charge is 0.220 e. The summed E-state index contributed by atoms with van der Waals surface area (Å²) < 4.78 is 7.17. The van der Waals surface area contributed by atoms with Crippen molar-refractivity contribution in [3.63, 3.8) is 0 Å². The van der Waals surface area contributed by atoms with E-state index in [1.165, 1.54) is 0 Å². The first-order valence-corrected chi connectivity index (χ1v) is 7.13. The van der Waals surface area contributed by atoms with E-state index in [9.17, 15) is 4.79 Å². The lowest BCUT2D eigenvalue weighted by molar-refractivity contribution is -0.121. The third kappa shape index (κ3) is 5.30. The zero-order chi connectivity index (χ0) is 14.9. The van der Waals surface area contributed by atoms with Crippen LogP contribution in [0.25, 0.3) is 0 Å². The third-order valence-corrected chi connectivity index (χ3v) is 3.25. The highest BCUT2D eigenvalue weighted by Crippen LogP contribution is 2.13. The third-order valence-electron chi connectivity index (χ3n) is 3.25. The van der Waals surface area contributed by atoms with Gasteiger partial charge in [0, 0.05) is 31.9 Å². The van der Waals surface area contributed by atoms with Gasteiger partial charge < -0.3 is 14.6 Å². The first kappa shape index (κ1) is 15.1. The molecular formula is C16H21N3O2. The van der Waals surface area contributed by atoms with Gasteiger partial charge in [0.05, 0.1) is 13.4 Å². The Morgan fingerprint density at radius 2 is 2.33 bits per heavy atom. The SMILES string of the molecule is COc1cccc(CCC(=O)NCCCn2ccnc2)c1. The fraction of sp³-hybridized carbons (Fsp3) is 0.375. The van der Waals surface area contributed by atoms with Crippen molar-refractivity contribution >= 4 is 5.91 Å². The molecule has 0 bridgehead atoms. The Morgan fingerprint density at radius 1 is 1.43 bits per heavy atom. The van der Waals surface area contributed by atoms with Crippen LogP contribution in [0.4, 0.5) is 0 Å². The minimum Gasteiger partial charge on any atom is -0.497 e. The number of carbonyl (C=O) groups is 1. The van der Waals surface area contributed by atoms with Crippen LogP contribution < -0.4 is 10.1 Å². The summed E-state index contributed by atoms with van der Waals surface area (Å²) in [5.41, 5.74) is 1.11. The van der Waals surface area contributed by atoms with E-state index in [0.717, 1.165) is 30.7 Å². The molecule has 1 N–H and O–H groups in total. The molecule has 112 valence electrons. The maximum atomic E-state index is 11.8. The molecule has 0 saturated heterocycles. The molecule has 21 heavy (non-hydrogen) atoms. The summed E-state index contributed by atoms with van der Waals surface area (Å²) in [5, 5.41) is 2.94. The number of nitrogens with one attached hydrogen (secondary N) is 1. The molecule has 0 radical (unpaired) electrons. The molecule has 0 spiro atoms. The molecule has 0 atom stereocenters. The van der Waals surface area contributed by atoms with Crippen LogP contribution >= 0.6 is 0 Å². The van der Waals surface area contributed by atoms with Gasteiger partial charge in [-0.2, -0.15) is 0 Å². The number of hydrogen-bond donors (Lipinski definition) is 1. The highest BCUT2D eigenvalue weighted by molar-refractivity contribution is 5.76. The Balaban J connectivity index is 1.62. The van der Waals surface area contributed by atoms with E-state index < -0.39 is 0 Å². The zero-order valence-electron chi connectivity index (χ0n) is 12.3. The fourth-order valence-electron chi connectivity index (χ4n) is 2.08. The Hall–Kier alpha value is -2.30. The van der Waals surface area contributed by atoms with Crippen molar-refractivity contribution in [3.05, 3.63) is 48.5 Å².